The van der Waals surface area contributed by atoms with Gasteiger partial charge in [-0.3, -0.25) is 4.79 Å². The van der Waals surface area contributed by atoms with Gasteiger partial charge in [-0.25, -0.2) is 0 Å². The van der Waals surface area contributed by atoms with Crippen LogP contribution in [0.5, 0.6) is 0 Å². The second-order valence-electron chi connectivity index (χ2n) is 11.2. The van der Waals surface area contributed by atoms with Gasteiger partial charge in [0.05, 0.1) is 0 Å². The quantitative estimate of drug-likeness (QED) is 0.745. The maximum absolute atomic E-state index is 12.2. The monoisotopic (exact) mass is 368 g/mol. The molecular weight excluding hydrogens is 332 g/mol. The molecule has 27 heavy (non-hydrogen) atoms. The van der Waals surface area contributed by atoms with Crippen molar-refractivity contribution in [3.05, 3.63) is 11.6 Å². The topological polar surface area (TPSA) is 37.3 Å². The minimum Gasteiger partial charge on any atom is -0.396 e. The van der Waals surface area contributed by atoms with E-state index < -0.39 is 0 Å². The van der Waals surface area contributed by atoms with Gasteiger partial charge < -0.3 is 5.11 Å². The third kappa shape index (κ3) is 2.20. The van der Waals surface area contributed by atoms with Gasteiger partial charge in [-0.2, -0.15) is 0 Å². The summed E-state index contributed by atoms with van der Waals surface area (Å²) in [7, 11) is 0. The van der Waals surface area contributed by atoms with Crippen LogP contribution in [0.2, 0.25) is 0 Å². The summed E-state index contributed by atoms with van der Waals surface area (Å²) in [5, 5.41) is 9.46. The van der Waals surface area contributed by atoms with Gasteiger partial charge in [0.2, 0.25) is 0 Å². The predicted molar refractivity (Wildman–Crippen MR) is 106 cm³/mol. The molecule has 0 amide bonds. The van der Waals surface area contributed by atoms with Gasteiger partial charge >= 0.3 is 0 Å². The molecule has 2 nitrogen and oxygen atoms in total. The highest BCUT2D eigenvalue weighted by atomic mass is 16.2. The summed E-state index contributed by atoms with van der Waals surface area (Å²) in [6, 6.07) is 0. The third-order valence-electron chi connectivity index (χ3n) is 10.6. The van der Waals surface area contributed by atoms with Crippen molar-refractivity contribution in [2.75, 3.05) is 6.61 Å². The van der Waals surface area contributed by atoms with Crippen molar-refractivity contribution in [2.45, 2.75) is 77.6 Å². The van der Waals surface area contributed by atoms with Crippen LogP contribution in [0.15, 0.2) is 11.6 Å². The molecule has 6 rings (SSSR count). The second kappa shape index (κ2) is 5.71. The van der Waals surface area contributed by atoms with Gasteiger partial charge in [0.1, 0.15) is 0 Å². The molecule has 0 bridgehead atoms. The van der Waals surface area contributed by atoms with Crippen molar-refractivity contribution >= 4 is 5.78 Å². The zero-order chi connectivity index (χ0) is 18.4. The minimum absolute atomic E-state index is 0.373. The van der Waals surface area contributed by atoms with Crippen LogP contribution < -0.4 is 0 Å². The first-order valence-electron chi connectivity index (χ1n) is 12.0. The molecule has 6 unspecified atom stereocenters. The van der Waals surface area contributed by atoms with Gasteiger partial charge in [0.25, 0.3) is 0 Å². The van der Waals surface area contributed by atoms with Gasteiger partial charge in [0.15, 0.2) is 5.78 Å². The summed E-state index contributed by atoms with van der Waals surface area (Å²) in [6.07, 6.45) is 16.2. The smallest absolute Gasteiger partial charge is 0.155 e. The molecular formula is C25H36O2. The first-order chi connectivity index (χ1) is 13.1. The van der Waals surface area contributed by atoms with Crippen LogP contribution >= 0.6 is 0 Å². The van der Waals surface area contributed by atoms with Crippen LogP contribution in [0.25, 0.3) is 0 Å². The molecule has 5 saturated carbocycles. The number of fused-ring (bicyclic) bond motifs is 8. The lowest BCUT2D eigenvalue weighted by molar-refractivity contribution is -0.116. The van der Waals surface area contributed by atoms with Crippen LogP contribution in [0.1, 0.15) is 77.6 Å². The molecule has 0 radical (unpaired) electrons. The number of rotatable bonds is 4. The molecule has 0 aromatic rings. The lowest BCUT2D eigenvalue weighted by Crippen LogP contribution is -2.51. The standard InChI is InChI=1S/C25H36O2/c1-2-25-8-7-16-17-6-5-15(27)12-22(17)24(9-10-24)14-20(16)23(25)19-13-18(19)21(25)4-3-11-26/h12,16-21,23,26H,2-11,13-14H2,1H3/t16?,17?,18-,19+,20?,21?,23?,25?/m0/s1. The maximum Gasteiger partial charge on any atom is 0.155 e. The Kier molecular flexibility index (Phi) is 3.65. The van der Waals surface area contributed by atoms with E-state index in [1.165, 1.54) is 51.4 Å². The fourth-order valence-electron chi connectivity index (χ4n) is 9.50. The lowest BCUT2D eigenvalue weighted by Gasteiger charge is -2.58. The van der Waals surface area contributed by atoms with Gasteiger partial charge in [-0.05, 0) is 123 Å². The summed E-state index contributed by atoms with van der Waals surface area (Å²) in [5.74, 6) is 6.82. The SMILES string of the molecule is CCC12CCC3C4CCC(=O)C=C4C4(CC4)CC3C1[C@@H]1C[C@@H]1C2CCCO. The first kappa shape index (κ1) is 17.2. The average molecular weight is 369 g/mol. The van der Waals surface area contributed by atoms with E-state index in [9.17, 15) is 9.90 Å². The summed E-state index contributed by atoms with van der Waals surface area (Å²) < 4.78 is 0. The Hall–Kier alpha value is -0.630. The number of carbonyl (C=O) groups is 1. The zero-order valence-corrected chi connectivity index (χ0v) is 17.0. The van der Waals surface area contributed by atoms with E-state index in [1.54, 1.807) is 5.57 Å². The third-order valence-corrected chi connectivity index (χ3v) is 10.6. The molecule has 0 aromatic heterocycles. The Balaban J connectivity index is 1.36. The maximum atomic E-state index is 12.2. The fourth-order valence-corrected chi connectivity index (χ4v) is 9.50. The van der Waals surface area contributed by atoms with E-state index in [0.717, 1.165) is 60.7 Å². The van der Waals surface area contributed by atoms with E-state index in [2.05, 4.69) is 13.0 Å². The predicted octanol–water partition coefficient (Wildman–Crippen LogP) is 5.15. The Labute approximate surface area is 164 Å². The summed E-state index contributed by atoms with van der Waals surface area (Å²) in [4.78, 5) is 12.2. The second-order valence-corrected chi connectivity index (χ2v) is 11.2. The molecule has 0 heterocycles. The molecule has 6 aliphatic carbocycles. The first-order valence-corrected chi connectivity index (χ1v) is 12.0. The average Bonchev–Trinajstić information content (AvgIpc) is 3.59. The highest BCUT2D eigenvalue weighted by Crippen LogP contribution is 2.78. The summed E-state index contributed by atoms with van der Waals surface area (Å²) in [5.41, 5.74) is 2.66. The molecule has 5 fully saturated rings. The minimum atomic E-state index is 0.373. The van der Waals surface area contributed by atoms with E-state index in [-0.39, 0.29) is 0 Å². The van der Waals surface area contributed by atoms with Crippen molar-refractivity contribution < 1.29 is 9.90 Å². The Morgan fingerprint density at radius 2 is 1.96 bits per heavy atom. The molecule has 6 aliphatic rings. The molecule has 148 valence electrons. The number of aliphatic hydroxyl groups is 1. The van der Waals surface area contributed by atoms with Gasteiger partial charge in [-0.1, -0.05) is 12.5 Å². The number of ketones is 1. The lowest BCUT2D eigenvalue weighted by atomic mass is 9.46. The Bertz CT molecular complexity index is 688. The molecule has 1 N–H and O–H groups in total. The number of carbonyl (C=O) groups excluding carboxylic acids is 1. The molecule has 0 aromatic carbocycles. The number of aliphatic hydroxyl groups excluding tert-OH is 1. The number of allylic oxidation sites excluding steroid dienone is 1. The van der Waals surface area contributed by atoms with Crippen LogP contribution in [0.3, 0.4) is 0 Å². The van der Waals surface area contributed by atoms with Gasteiger partial charge in [0, 0.05) is 13.0 Å². The number of hydrogen-bond acceptors (Lipinski definition) is 2. The molecule has 2 heteroatoms. The molecule has 1 spiro atoms. The largest absolute Gasteiger partial charge is 0.396 e. The van der Waals surface area contributed by atoms with Crippen LogP contribution in [0.4, 0.5) is 0 Å². The van der Waals surface area contributed by atoms with E-state index in [4.69, 9.17) is 0 Å². The molecule has 0 saturated heterocycles. The Morgan fingerprint density at radius 1 is 1.11 bits per heavy atom. The summed E-state index contributed by atoms with van der Waals surface area (Å²) >= 11 is 0. The van der Waals surface area contributed by atoms with Crippen LogP contribution in [-0.2, 0) is 4.79 Å². The van der Waals surface area contributed by atoms with Crippen LogP contribution in [0, 0.1) is 52.3 Å². The van der Waals surface area contributed by atoms with Crippen molar-refractivity contribution in [3.8, 4) is 0 Å². The normalized spacial score (nSPS) is 51.1. The van der Waals surface area contributed by atoms with E-state index in [0.29, 0.717) is 23.2 Å². The van der Waals surface area contributed by atoms with Crippen molar-refractivity contribution in [1.82, 2.24) is 0 Å². The van der Waals surface area contributed by atoms with Crippen LogP contribution in [-0.4, -0.2) is 17.5 Å². The highest BCUT2D eigenvalue weighted by molar-refractivity contribution is 5.91. The van der Waals surface area contributed by atoms with Crippen molar-refractivity contribution in [1.29, 1.82) is 0 Å². The van der Waals surface area contributed by atoms with E-state index in [1.807, 2.05) is 0 Å². The zero-order valence-electron chi connectivity index (χ0n) is 17.0. The van der Waals surface area contributed by atoms with E-state index >= 15 is 0 Å². The highest BCUT2D eigenvalue weighted by Gasteiger charge is 2.71. The fraction of sp³-hybridized carbons (Fsp3) is 0.880. The summed E-state index contributed by atoms with van der Waals surface area (Å²) in [6.45, 7) is 2.85. The number of hydrogen-bond donors (Lipinski definition) is 1. The molecule has 0 aliphatic heterocycles. The molecule has 8 atom stereocenters. The van der Waals surface area contributed by atoms with Crippen molar-refractivity contribution in [2.24, 2.45) is 52.3 Å². The van der Waals surface area contributed by atoms with Gasteiger partial charge in [-0.15, -0.1) is 0 Å². The van der Waals surface area contributed by atoms with Crippen molar-refractivity contribution in [3.63, 3.8) is 0 Å². The Morgan fingerprint density at radius 3 is 2.70 bits per heavy atom.